The smallest absolute Gasteiger partial charge is 0.407 e. The van der Waals surface area contributed by atoms with E-state index in [2.05, 4.69) is 10.3 Å². The molecule has 2 heterocycles. The van der Waals surface area contributed by atoms with Crippen LogP contribution in [0.2, 0.25) is 5.02 Å². The highest BCUT2D eigenvalue weighted by Crippen LogP contribution is 2.34. The van der Waals surface area contributed by atoms with Gasteiger partial charge in [-0.2, -0.15) is 0 Å². The average molecular weight is 423 g/mol. The molecule has 8 heteroatoms. The molecule has 1 fully saturated rings. The Labute approximate surface area is 175 Å². The highest BCUT2D eigenvalue weighted by atomic mass is 35.5. The van der Waals surface area contributed by atoms with Crippen molar-refractivity contribution in [1.82, 2.24) is 10.3 Å². The summed E-state index contributed by atoms with van der Waals surface area (Å²) < 4.78 is 22.4. The van der Waals surface area contributed by atoms with Gasteiger partial charge in [0.25, 0.3) is 0 Å². The number of aromatic nitrogens is 1. The van der Waals surface area contributed by atoms with E-state index in [-0.39, 0.29) is 12.1 Å². The number of halogens is 1. The predicted molar refractivity (Wildman–Crippen MR) is 111 cm³/mol. The van der Waals surface area contributed by atoms with Crippen LogP contribution < -0.4 is 14.8 Å². The molecule has 2 aromatic rings. The minimum atomic E-state index is -0.523. The number of hydrogen-bond acceptors (Lipinski definition) is 6. The van der Waals surface area contributed by atoms with Gasteiger partial charge in [0.1, 0.15) is 28.7 Å². The van der Waals surface area contributed by atoms with Crippen molar-refractivity contribution >= 4 is 28.6 Å². The topological polar surface area (TPSA) is 78.9 Å². The van der Waals surface area contributed by atoms with Crippen LogP contribution in [0.25, 0.3) is 10.9 Å². The summed E-state index contributed by atoms with van der Waals surface area (Å²) in [6.07, 6.45) is 2.60. The SMILES string of the molecule is COc1ccc2ncc(Cl)c(OC[C@@H]3CC[C@@H](NC(=O)OC(C)(C)C)CO3)c2c1. The molecule has 0 radical (unpaired) electrons. The second-order valence-electron chi connectivity index (χ2n) is 8.01. The molecule has 0 saturated carbocycles. The summed E-state index contributed by atoms with van der Waals surface area (Å²) in [5, 5.41) is 4.07. The molecule has 158 valence electrons. The average Bonchev–Trinajstić information content (AvgIpc) is 2.66. The zero-order chi connectivity index (χ0) is 21.0. The minimum absolute atomic E-state index is 0.0734. The lowest BCUT2D eigenvalue weighted by atomic mass is 10.1. The molecule has 0 unspecified atom stereocenters. The molecule has 1 aromatic carbocycles. The molecule has 1 amide bonds. The molecule has 1 aliphatic heterocycles. The lowest BCUT2D eigenvalue weighted by molar-refractivity contribution is -0.0283. The highest BCUT2D eigenvalue weighted by Gasteiger charge is 2.26. The third-order valence-electron chi connectivity index (χ3n) is 4.49. The largest absolute Gasteiger partial charge is 0.497 e. The van der Waals surface area contributed by atoms with Crippen LogP contribution in [0.5, 0.6) is 11.5 Å². The van der Waals surface area contributed by atoms with Crippen LogP contribution in [0.1, 0.15) is 33.6 Å². The number of carbonyl (C=O) groups excluding carboxylic acids is 1. The minimum Gasteiger partial charge on any atom is -0.497 e. The van der Waals surface area contributed by atoms with Gasteiger partial charge >= 0.3 is 6.09 Å². The summed E-state index contributed by atoms with van der Waals surface area (Å²) in [5.74, 6) is 1.27. The van der Waals surface area contributed by atoms with Crippen LogP contribution >= 0.6 is 11.6 Å². The Morgan fingerprint density at radius 1 is 1.34 bits per heavy atom. The molecule has 3 rings (SSSR count). The Morgan fingerprint density at radius 2 is 2.14 bits per heavy atom. The van der Waals surface area contributed by atoms with E-state index in [1.54, 1.807) is 13.3 Å². The van der Waals surface area contributed by atoms with Gasteiger partial charge in [-0.1, -0.05) is 11.6 Å². The molecular weight excluding hydrogens is 396 g/mol. The van der Waals surface area contributed by atoms with E-state index >= 15 is 0 Å². The van der Waals surface area contributed by atoms with Crippen molar-refractivity contribution in [3.63, 3.8) is 0 Å². The van der Waals surface area contributed by atoms with Gasteiger partial charge in [0.15, 0.2) is 0 Å². The van der Waals surface area contributed by atoms with Crippen LogP contribution in [0.4, 0.5) is 4.79 Å². The molecule has 0 aliphatic carbocycles. The first-order valence-corrected chi connectivity index (χ1v) is 9.99. The van der Waals surface area contributed by atoms with Crippen molar-refractivity contribution in [2.45, 2.75) is 51.4 Å². The molecule has 0 bridgehead atoms. The van der Waals surface area contributed by atoms with Crippen LogP contribution in [-0.4, -0.2) is 49.1 Å². The number of benzene rings is 1. The predicted octanol–water partition coefficient (Wildman–Crippen LogP) is 4.35. The van der Waals surface area contributed by atoms with E-state index in [1.807, 2.05) is 39.0 Å². The zero-order valence-electron chi connectivity index (χ0n) is 17.2. The van der Waals surface area contributed by atoms with Crippen LogP contribution in [0.3, 0.4) is 0 Å². The van der Waals surface area contributed by atoms with Gasteiger partial charge in [0, 0.05) is 11.6 Å². The Morgan fingerprint density at radius 3 is 2.79 bits per heavy atom. The zero-order valence-corrected chi connectivity index (χ0v) is 17.9. The normalized spacial score (nSPS) is 19.6. The van der Waals surface area contributed by atoms with Crippen molar-refractivity contribution in [3.05, 3.63) is 29.4 Å². The number of rotatable bonds is 5. The molecular formula is C21H27ClN2O5. The van der Waals surface area contributed by atoms with E-state index in [4.69, 9.17) is 30.5 Å². The third kappa shape index (κ3) is 5.87. The van der Waals surface area contributed by atoms with E-state index in [1.165, 1.54) is 0 Å². The van der Waals surface area contributed by atoms with E-state index in [0.29, 0.717) is 29.7 Å². The molecule has 1 N–H and O–H groups in total. The van der Waals surface area contributed by atoms with Crippen LogP contribution in [-0.2, 0) is 9.47 Å². The van der Waals surface area contributed by atoms with E-state index in [0.717, 1.165) is 23.7 Å². The van der Waals surface area contributed by atoms with Gasteiger partial charge in [0.05, 0.1) is 31.4 Å². The number of nitrogens with one attached hydrogen (secondary N) is 1. The van der Waals surface area contributed by atoms with Crippen molar-refractivity contribution in [2.24, 2.45) is 0 Å². The van der Waals surface area contributed by atoms with Crippen molar-refractivity contribution in [2.75, 3.05) is 20.3 Å². The Kier molecular flexibility index (Phi) is 6.70. The number of alkyl carbamates (subject to hydrolysis) is 1. The second-order valence-corrected chi connectivity index (χ2v) is 8.41. The summed E-state index contributed by atoms with van der Waals surface area (Å²) in [6.45, 7) is 6.27. The van der Waals surface area contributed by atoms with E-state index in [9.17, 15) is 4.79 Å². The quantitative estimate of drug-likeness (QED) is 0.771. The van der Waals surface area contributed by atoms with Crippen LogP contribution in [0.15, 0.2) is 24.4 Å². The summed E-state index contributed by atoms with van der Waals surface area (Å²) in [5.41, 5.74) is 0.252. The van der Waals surface area contributed by atoms with Gasteiger partial charge in [-0.25, -0.2) is 4.79 Å². The van der Waals surface area contributed by atoms with Gasteiger partial charge in [0.2, 0.25) is 0 Å². The van der Waals surface area contributed by atoms with Gasteiger partial charge in [-0.3, -0.25) is 4.98 Å². The molecule has 0 spiro atoms. The van der Waals surface area contributed by atoms with Crippen molar-refractivity contribution < 1.29 is 23.7 Å². The maximum absolute atomic E-state index is 11.9. The highest BCUT2D eigenvalue weighted by molar-refractivity contribution is 6.33. The van der Waals surface area contributed by atoms with Crippen molar-refractivity contribution in [1.29, 1.82) is 0 Å². The fraction of sp³-hybridized carbons (Fsp3) is 0.524. The number of amides is 1. The standard InChI is InChI=1S/C21H27ClN2O5/c1-21(2,3)29-20(25)24-13-5-6-15(27-11-13)12-28-19-16-9-14(26-4)7-8-18(16)23-10-17(19)22/h7-10,13,15H,5-6,11-12H2,1-4H3,(H,24,25)/t13-,15+/m1/s1. The fourth-order valence-corrected chi connectivity index (χ4v) is 3.30. The molecule has 2 atom stereocenters. The maximum atomic E-state index is 11.9. The summed E-state index contributed by atoms with van der Waals surface area (Å²) in [4.78, 5) is 16.2. The first kappa shape index (κ1) is 21.5. The number of ether oxygens (including phenoxy) is 4. The van der Waals surface area contributed by atoms with Gasteiger partial charge < -0.3 is 24.3 Å². The number of carbonyl (C=O) groups is 1. The molecule has 29 heavy (non-hydrogen) atoms. The number of hydrogen-bond donors (Lipinski definition) is 1. The second kappa shape index (κ2) is 9.05. The van der Waals surface area contributed by atoms with Crippen LogP contribution in [0, 0.1) is 0 Å². The Bertz CT molecular complexity index is 860. The first-order chi connectivity index (χ1) is 13.7. The first-order valence-electron chi connectivity index (χ1n) is 9.61. The lowest BCUT2D eigenvalue weighted by Gasteiger charge is -2.30. The van der Waals surface area contributed by atoms with Gasteiger partial charge in [-0.15, -0.1) is 0 Å². The summed E-state index contributed by atoms with van der Waals surface area (Å²) >= 11 is 6.32. The third-order valence-corrected chi connectivity index (χ3v) is 4.76. The van der Waals surface area contributed by atoms with E-state index < -0.39 is 11.7 Å². The number of fused-ring (bicyclic) bond motifs is 1. The van der Waals surface area contributed by atoms with Gasteiger partial charge in [-0.05, 0) is 51.8 Å². The number of nitrogens with zero attached hydrogens (tertiary/aromatic N) is 1. The molecule has 1 saturated heterocycles. The molecule has 1 aliphatic rings. The Balaban J connectivity index is 1.56. The van der Waals surface area contributed by atoms with Crippen molar-refractivity contribution in [3.8, 4) is 11.5 Å². The number of pyridine rings is 1. The number of methoxy groups -OCH3 is 1. The Hall–Kier alpha value is -2.25. The summed E-state index contributed by atoms with van der Waals surface area (Å²) in [6, 6.07) is 5.48. The molecule has 7 nitrogen and oxygen atoms in total. The maximum Gasteiger partial charge on any atom is 0.407 e. The lowest BCUT2D eigenvalue weighted by Crippen LogP contribution is -2.45. The summed E-state index contributed by atoms with van der Waals surface area (Å²) in [7, 11) is 1.61. The monoisotopic (exact) mass is 422 g/mol. The fourth-order valence-electron chi connectivity index (χ4n) is 3.10. The molecule has 1 aromatic heterocycles.